The minimum absolute atomic E-state index is 0.378. The summed E-state index contributed by atoms with van der Waals surface area (Å²) < 4.78 is 0. The molecule has 1 rings (SSSR count). The number of amides is 1. The van der Waals surface area contributed by atoms with Gasteiger partial charge in [-0.1, -0.05) is 33.6 Å². The molecule has 1 atom stereocenters. The Hall–Kier alpha value is -0.530. The molecular formula is C12H23NO. The summed E-state index contributed by atoms with van der Waals surface area (Å²) >= 11 is 0. The zero-order valence-electron chi connectivity index (χ0n) is 9.75. The van der Waals surface area contributed by atoms with Gasteiger partial charge in [-0.05, 0) is 18.3 Å². The molecular weight excluding hydrogens is 174 g/mol. The van der Waals surface area contributed by atoms with Crippen molar-refractivity contribution in [3.63, 3.8) is 0 Å². The van der Waals surface area contributed by atoms with Crippen LogP contribution >= 0.6 is 0 Å². The Morgan fingerprint density at radius 1 is 1.43 bits per heavy atom. The van der Waals surface area contributed by atoms with Crippen molar-refractivity contribution >= 4 is 5.91 Å². The molecule has 1 amide bonds. The van der Waals surface area contributed by atoms with Gasteiger partial charge in [-0.3, -0.25) is 4.79 Å². The summed E-state index contributed by atoms with van der Waals surface area (Å²) in [5, 5.41) is 0. The summed E-state index contributed by atoms with van der Waals surface area (Å²) in [6.45, 7) is 8.55. The number of nitrogens with zero attached hydrogens (tertiary/aromatic N) is 1. The van der Waals surface area contributed by atoms with Crippen LogP contribution in [0, 0.1) is 11.8 Å². The molecule has 0 aromatic rings. The summed E-state index contributed by atoms with van der Waals surface area (Å²) in [4.78, 5) is 13.9. The number of likely N-dealkylation sites (tertiary alicyclic amines) is 1. The van der Waals surface area contributed by atoms with E-state index in [9.17, 15) is 4.79 Å². The second-order valence-electron chi connectivity index (χ2n) is 4.62. The van der Waals surface area contributed by atoms with Crippen LogP contribution in [0.3, 0.4) is 0 Å². The predicted molar refractivity (Wildman–Crippen MR) is 59.1 cm³/mol. The lowest BCUT2D eigenvalue weighted by atomic mass is 9.99. The predicted octanol–water partition coefficient (Wildman–Crippen LogP) is 2.68. The third-order valence-electron chi connectivity index (χ3n) is 3.39. The average molecular weight is 197 g/mol. The number of carbonyl (C=O) groups is 1. The van der Waals surface area contributed by atoms with Gasteiger partial charge in [0.15, 0.2) is 0 Å². The Morgan fingerprint density at radius 3 is 2.50 bits per heavy atom. The molecule has 1 heterocycles. The molecule has 0 aromatic heterocycles. The molecule has 1 unspecified atom stereocenters. The van der Waals surface area contributed by atoms with Gasteiger partial charge in [0, 0.05) is 19.5 Å². The van der Waals surface area contributed by atoms with E-state index in [0.717, 1.165) is 32.4 Å². The molecule has 14 heavy (non-hydrogen) atoms. The number of hydrogen-bond donors (Lipinski definition) is 0. The van der Waals surface area contributed by atoms with Crippen LogP contribution < -0.4 is 0 Å². The molecule has 0 spiro atoms. The topological polar surface area (TPSA) is 20.3 Å². The quantitative estimate of drug-likeness (QED) is 0.678. The number of rotatable bonds is 4. The monoisotopic (exact) mass is 197 g/mol. The van der Waals surface area contributed by atoms with Gasteiger partial charge in [-0.15, -0.1) is 0 Å². The fraction of sp³-hybridized carbons (Fsp3) is 0.917. The molecule has 1 aliphatic heterocycles. The lowest BCUT2D eigenvalue weighted by Gasteiger charge is -2.19. The maximum absolute atomic E-state index is 11.8. The fourth-order valence-electron chi connectivity index (χ4n) is 2.11. The van der Waals surface area contributed by atoms with Crippen molar-refractivity contribution in [1.29, 1.82) is 0 Å². The molecule has 1 aliphatic rings. The average Bonchev–Trinajstić information content (AvgIpc) is 2.61. The highest BCUT2D eigenvalue weighted by atomic mass is 16.2. The third kappa shape index (κ3) is 3.00. The van der Waals surface area contributed by atoms with Crippen molar-refractivity contribution in [3.8, 4) is 0 Å². The van der Waals surface area contributed by atoms with Gasteiger partial charge in [0.1, 0.15) is 0 Å². The minimum Gasteiger partial charge on any atom is -0.342 e. The molecule has 0 radical (unpaired) electrons. The summed E-state index contributed by atoms with van der Waals surface area (Å²) in [6.07, 6.45) is 4.21. The number of carbonyl (C=O) groups excluding carboxylic acids is 1. The first kappa shape index (κ1) is 11.5. The second-order valence-corrected chi connectivity index (χ2v) is 4.62. The standard InChI is InChI=1S/C12H23NO/c1-4-11(5-2)8-12(14)13-7-6-10(3)9-13/h10-11H,4-9H2,1-3H3. The Labute approximate surface area is 87.7 Å². The summed E-state index contributed by atoms with van der Waals surface area (Å²) in [6, 6.07) is 0. The van der Waals surface area contributed by atoms with E-state index in [1.54, 1.807) is 0 Å². The highest BCUT2D eigenvalue weighted by Gasteiger charge is 2.24. The fourth-order valence-corrected chi connectivity index (χ4v) is 2.11. The molecule has 0 bridgehead atoms. The van der Waals surface area contributed by atoms with Crippen molar-refractivity contribution < 1.29 is 4.79 Å². The maximum Gasteiger partial charge on any atom is 0.222 e. The lowest BCUT2D eigenvalue weighted by Crippen LogP contribution is -2.29. The minimum atomic E-state index is 0.378. The van der Waals surface area contributed by atoms with E-state index in [2.05, 4.69) is 20.8 Å². The largest absolute Gasteiger partial charge is 0.342 e. The zero-order chi connectivity index (χ0) is 10.6. The van der Waals surface area contributed by atoms with Crippen LogP contribution in [0.15, 0.2) is 0 Å². The first-order valence-electron chi connectivity index (χ1n) is 5.95. The van der Waals surface area contributed by atoms with Crippen molar-refractivity contribution in [2.75, 3.05) is 13.1 Å². The van der Waals surface area contributed by atoms with Gasteiger partial charge in [-0.25, -0.2) is 0 Å². The summed E-state index contributed by atoms with van der Waals surface area (Å²) in [5.41, 5.74) is 0. The van der Waals surface area contributed by atoms with E-state index >= 15 is 0 Å². The Morgan fingerprint density at radius 2 is 2.07 bits per heavy atom. The summed E-state index contributed by atoms with van der Waals surface area (Å²) in [7, 11) is 0. The molecule has 82 valence electrons. The van der Waals surface area contributed by atoms with Crippen LogP contribution in [0.2, 0.25) is 0 Å². The van der Waals surface area contributed by atoms with E-state index in [1.807, 2.05) is 4.90 Å². The maximum atomic E-state index is 11.8. The van der Waals surface area contributed by atoms with Crippen molar-refractivity contribution in [2.24, 2.45) is 11.8 Å². The smallest absolute Gasteiger partial charge is 0.222 e. The number of hydrogen-bond acceptors (Lipinski definition) is 1. The van der Waals surface area contributed by atoms with Crippen LogP contribution in [0.25, 0.3) is 0 Å². The first-order valence-corrected chi connectivity index (χ1v) is 5.95. The molecule has 0 N–H and O–H groups in total. The lowest BCUT2D eigenvalue weighted by molar-refractivity contribution is -0.131. The summed E-state index contributed by atoms with van der Waals surface area (Å²) in [5.74, 6) is 1.68. The molecule has 0 aliphatic carbocycles. The van der Waals surface area contributed by atoms with Crippen LogP contribution in [0.1, 0.15) is 46.5 Å². The van der Waals surface area contributed by atoms with Gasteiger partial charge in [-0.2, -0.15) is 0 Å². The molecule has 0 aromatic carbocycles. The van der Waals surface area contributed by atoms with Gasteiger partial charge >= 0.3 is 0 Å². The van der Waals surface area contributed by atoms with Crippen molar-refractivity contribution in [2.45, 2.75) is 46.5 Å². The van der Waals surface area contributed by atoms with E-state index in [1.165, 1.54) is 6.42 Å². The van der Waals surface area contributed by atoms with Gasteiger partial charge in [0.25, 0.3) is 0 Å². The van der Waals surface area contributed by atoms with Crippen LogP contribution in [-0.2, 0) is 4.79 Å². The van der Waals surface area contributed by atoms with E-state index < -0.39 is 0 Å². The molecule has 1 saturated heterocycles. The molecule has 1 fully saturated rings. The first-order chi connectivity index (χ1) is 6.67. The Balaban J connectivity index is 2.34. The van der Waals surface area contributed by atoms with E-state index in [4.69, 9.17) is 0 Å². The van der Waals surface area contributed by atoms with Gasteiger partial charge in [0.05, 0.1) is 0 Å². The molecule has 2 nitrogen and oxygen atoms in total. The third-order valence-corrected chi connectivity index (χ3v) is 3.39. The van der Waals surface area contributed by atoms with Gasteiger partial charge in [0.2, 0.25) is 5.91 Å². The normalized spacial score (nSPS) is 22.0. The van der Waals surface area contributed by atoms with Gasteiger partial charge < -0.3 is 4.90 Å². The molecule has 2 heteroatoms. The van der Waals surface area contributed by atoms with Crippen LogP contribution in [-0.4, -0.2) is 23.9 Å². The molecule has 0 saturated carbocycles. The van der Waals surface area contributed by atoms with E-state index in [0.29, 0.717) is 17.7 Å². The second kappa shape index (κ2) is 5.38. The Bertz CT molecular complexity index is 187. The van der Waals surface area contributed by atoms with Crippen molar-refractivity contribution in [3.05, 3.63) is 0 Å². The Kier molecular flexibility index (Phi) is 4.43. The van der Waals surface area contributed by atoms with Crippen molar-refractivity contribution in [1.82, 2.24) is 4.90 Å². The zero-order valence-corrected chi connectivity index (χ0v) is 9.75. The van der Waals surface area contributed by atoms with Crippen LogP contribution in [0.5, 0.6) is 0 Å². The van der Waals surface area contributed by atoms with E-state index in [-0.39, 0.29) is 0 Å². The SMILES string of the molecule is CCC(CC)CC(=O)N1CCC(C)C1. The van der Waals surface area contributed by atoms with Crippen LogP contribution in [0.4, 0.5) is 0 Å². The highest BCUT2D eigenvalue weighted by Crippen LogP contribution is 2.19. The highest BCUT2D eigenvalue weighted by molar-refractivity contribution is 5.76.